The molecule has 12 heavy (non-hydrogen) atoms. The molecular formula is C10H10O2. The molecule has 1 atom stereocenters. The molecule has 2 heteroatoms. The van der Waals surface area contributed by atoms with Gasteiger partial charge in [-0.2, -0.15) is 0 Å². The summed E-state index contributed by atoms with van der Waals surface area (Å²) in [5.41, 5.74) is 1.23. The molecule has 0 radical (unpaired) electrons. The van der Waals surface area contributed by atoms with E-state index in [1.54, 1.807) is 0 Å². The molecule has 1 aliphatic heterocycles. The van der Waals surface area contributed by atoms with Crippen LogP contribution in [0.5, 0.6) is 0 Å². The highest BCUT2D eigenvalue weighted by Gasteiger charge is 2.27. The zero-order chi connectivity index (χ0) is 8.39. The van der Waals surface area contributed by atoms with Gasteiger partial charge in [-0.1, -0.05) is 30.3 Å². The van der Waals surface area contributed by atoms with Crippen LogP contribution in [0.25, 0.3) is 0 Å². The number of rotatable bonds is 2. The van der Waals surface area contributed by atoms with Crippen LogP contribution in [0.3, 0.4) is 0 Å². The van der Waals surface area contributed by atoms with Crippen LogP contribution < -0.4 is 0 Å². The molecule has 0 aromatic heterocycles. The van der Waals surface area contributed by atoms with Gasteiger partial charge in [0.25, 0.3) is 0 Å². The summed E-state index contributed by atoms with van der Waals surface area (Å²) in [6.45, 7) is 0. The first-order valence-corrected chi connectivity index (χ1v) is 4.08. The van der Waals surface area contributed by atoms with Gasteiger partial charge >= 0.3 is 5.97 Å². The van der Waals surface area contributed by atoms with Gasteiger partial charge in [0.05, 0.1) is 6.42 Å². The van der Waals surface area contributed by atoms with E-state index < -0.39 is 0 Å². The third-order valence-electron chi connectivity index (χ3n) is 2.00. The molecule has 1 heterocycles. The first-order valence-electron chi connectivity index (χ1n) is 4.08. The molecule has 1 aromatic rings. The second kappa shape index (κ2) is 2.97. The fourth-order valence-electron chi connectivity index (χ4n) is 1.35. The second-order valence-electron chi connectivity index (χ2n) is 3.01. The lowest BCUT2D eigenvalue weighted by molar-refractivity contribution is -0.169. The Bertz CT molecular complexity index is 271. The Morgan fingerprint density at radius 2 is 2.00 bits per heavy atom. The van der Waals surface area contributed by atoms with Crippen molar-refractivity contribution < 1.29 is 9.53 Å². The molecule has 0 saturated carbocycles. The summed E-state index contributed by atoms with van der Waals surface area (Å²) >= 11 is 0. The van der Waals surface area contributed by atoms with Crippen LogP contribution in [0.2, 0.25) is 0 Å². The van der Waals surface area contributed by atoms with Crippen LogP contribution in [0.4, 0.5) is 0 Å². The van der Waals surface area contributed by atoms with Crippen molar-refractivity contribution in [1.29, 1.82) is 0 Å². The first kappa shape index (κ1) is 7.35. The third kappa shape index (κ3) is 1.47. The van der Waals surface area contributed by atoms with Gasteiger partial charge in [-0.05, 0) is 5.56 Å². The van der Waals surface area contributed by atoms with E-state index in [2.05, 4.69) is 0 Å². The third-order valence-corrected chi connectivity index (χ3v) is 2.00. The Morgan fingerprint density at radius 3 is 2.58 bits per heavy atom. The number of ether oxygens (including phenoxy) is 1. The first-order chi connectivity index (χ1) is 5.84. The molecule has 62 valence electrons. The number of carbonyl (C=O) groups is 1. The molecule has 1 aromatic carbocycles. The van der Waals surface area contributed by atoms with Crippen molar-refractivity contribution in [3.63, 3.8) is 0 Å². The van der Waals surface area contributed by atoms with Gasteiger partial charge in [0.1, 0.15) is 6.10 Å². The maximum atomic E-state index is 10.5. The molecule has 1 aliphatic rings. The monoisotopic (exact) mass is 162 g/mol. The molecule has 0 bridgehead atoms. The van der Waals surface area contributed by atoms with Gasteiger partial charge in [-0.3, -0.25) is 4.79 Å². The molecule has 0 N–H and O–H groups in total. The lowest BCUT2D eigenvalue weighted by Gasteiger charge is -2.25. The second-order valence-corrected chi connectivity index (χ2v) is 3.01. The molecule has 0 amide bonds. The molecule has 0 unspecified atom stereocenters. The fourth-order valence-corrected chi connectivity index (χ4v) is 1.35. The predicted octanol–water partition coefficient (Wildman–Crippen LogP) is 1.54. The zero-order valence-corrected chi connectivity index (χ0v) is 6.69. The van der Waals surface area contributed by atoms with Crippen molar-refractivity contribution in [3.8, 4) is 0 Å². The molecule has 2 nitrogen and oxygen atoms in total. The van der Waals surface area contributed by atoms with E-state index in [0.29, 0.717) is 6.42 Å². The van der Waals surface area contributed by atoms with Crippen LogP contribution in [-0.4, -0.2) is 12.1 Å². The minimum atomic E-state index is -0.0732. The number of hydrogen-bond acceptors (Lipinski definition) is 2. The highest BCUT2D eigenvalue weighted by molar-refractivity contribution is 5.75. The van der Waals surface area contributed by atoms with Gasteiger partial charge in [0.15, 0.2) is 0 Å². The summed E-state index contributed by atoms with van der Waals surface area (Å²) in [5, 5.41) is 0. The lowest BCUT2D eigenvalue weighted by atomic mass is 10.0. The van der Waals surface area contributed by atoms with E-state index in [1.807, 2.05) is 30.3 Å². The van der Waals surface area contributed by atoms with Crippen molar-refractivity contribution in [3.05, 3.63) is 35.9 Å². The maximum Gasteiger partial charge on any atom is 0.309 e. The van der Waals surface area contributed by atoms with E-state index in [1.165, 1.54) is 5.56 Å². The number of carbonyl (C=O) groups excluding carboxylic acids is 1. The van der Waals surface area contributed by atoms with E-state index in [9.17, 15) is 4.79 Å². The van der Waals surface area contributed by atoms with Gasteiger partial charge in [0, 0.05) is 6.42 Å². The van der Waals surface area contributed by atoms with Crippen LogP contribution in [0.1, 0.15) is 12.0 Å². The van der Waals surface area contributed by atoms with Crippen molar-refractivity contribution in [2.45, 2.75) is 18.9 Å². The molecule has 0 spiro atoms. The smallest absolute Gasteiger partial charge is 0.309 e. The summed E-state index contributed by atoms with van der Waals surface area (Å²) in [7, 11) is 0. The average molecular weight is 162 g/mol. The van der Waals surface area contributed by atoms with Crippen LogP contribution in [-0.2, 0) is 16.0 Å². The molecule has 0 aliphatic carbocycles. The van der Waals surface area contributed by atoms with Gasteiger partial charge in [-0.25, -0.2) is 0 Å². The Balaban J connectivity index is 1.92. The Morgan fingerprint density at radius 1 is 1.33 bits per heavy atom. The van der Waals surface area contributed by atoms with E-state index in [0.717, 1.165) is 6.42 Å². The SMILES string of the molecule is O=C1C[C@@H](Cc2ccccc2)O1. The van der Waals surface area contributed by atoms with Crippen LogP contribution >= 0.6 is 0 Å². The van der Waals surface area contributed by atoms with Crippen molar-refractivity contribution in [1.82, 2.24) is 0 Å². The normalized spacial score (nSPS) is 21.3. The highest BCUT2D eigenvalue weighted by Crippen LogP contribution is 2.17. The maximum absolute atomic E-state index is 10.5. The van der Waals surface area contributed by atoms with E-state index >= 15 is 0 Å². The van der Waals surface area contributed by atoms with Gasteiger partial charge in [-0.15, -0.1) is 0 Å². The summed E-state index contributed by atoms with van der Waals surface area (Å²) in [6.07, 6.45) is 1.56. The van der Waals surface area contributed by atoms with Crippen molar-refractivity contribution in [2.75, 3.05) is 0 Å². The van der Waals surface area contributed by atoms with E-state index in [4.69, 9.17) is 4.74 Å². The average Bonchev–Trinajstić information content (AvgIpc) is 2.04. The number of hydrogen-bond donors (Lipinski definition) is 0. The Kier molecular flexibility index (Phi) is 1.82. The molecular weight excluding hydrogens is 152 g/mol. The summed E-state index contributed by atoms with van der Waals surface area (Å²) in [6, 6.07) is 10.1. The topological polar surface area (TPSA) is 26.3 Å². The summed E-state index contributed by atoms with van der Waals surface area (Å²) in [4.78, 5) is 10.5. The van der Waals surface area contributed by atoms with Gasteiger partial charge < -0.3 is 4.74 Å². The Labute approximate surface area is 71.2 Å². The lowest BCUT2D eigenvalue weighted by Crippen LogP contribution is -2.34. The summed E-state index contributed by atoms with van der Waals surface area (Å²) < 4.78 is 4.90. The summed E-state index contributed by atoms with van der Waals surface area (Å²) in [5.74, 6) is -0.0732. The predicted molar refractivity (Wildman–Crippen MR) is 44.6 cm³/mol. The standard InChI is InChI=1S/C10H10O2/c11-10-7-9(12-10)6-8-4-2-1-3-5-8/h1-5,9H,6-7H2/t9-/m1/s1. The molecule has 1 saturated heterocycles. The van der Waals surface area contributed by atoms with Crippen LogP contribution in [0, 0.1) is 0 Å². The minimum absolute atomic E-state index is 0.0732. The van der Waals surface area contributed by atoms with Crippen molar-refractivity contribution >= 4 is 5.97 Å². The van der Waals surface area contributed by atoms with E-state index in [-0.39, 0.29) is 12.1 Å². The number of cyclic esters (lactones) is 1. The zero-order valence-electron chi connectivity index (χ0n) is 6.69. The number of benzene rings is 1. The van der Waals surface area contributed by atoms with Gasteiger partial charge in [0.2, 0.25) is 0 Å². The Hall–Kier alpha value is -1.31. The number of esters is 1. The largest absolute Gasteiger partial charge is 0.461 e. The minimum Gasteiger partial charge on any atom is -0.461 e. The van der Waals surface area contributed by atoms with Crippen LogP contribution in [0.15, 0.2) is 30.3 Å². The van der Waals surface area contributed by atoms with Crippen molar-refractivity contribution in [2.24, 2.45) is 0 Å². The quantitative estimate of drug-likeness (QED) is 0.616. The molecule has 2 rings (SSSR count). The highest BCUT2D eigenvalue weighted by atomic mass is 16.6. The molecule has 1 fully saturated rings. The fraction of sp³-hybridized carbons (Fsp3) is 0.300.